The first-order valence-corrected chi connectivity index (χ1v) is 8.57. The van der Waals surface area contributed by atoms with Gasteiger partial charge < -0.3 is 20.3 Å². The second-order valence-corrected chi connectivity index (χ2v) is 6.60. The maximum Gasteiger partial charge on any atom is 0.339 e. The molecule has 0 aromatic heterocycles. The monoisotopic (exact) mass is 367 g/mol. The van der Waals surface area contributed by atoms with E-state index >= 15 is 0 Å². The fourth-order valence-corrected chi connectivity index (χ4v) is 2.88. The molecule has 0 radical (unpaired) electrons. The molecule has 2 aromatic carbocycles. The SMILES string of the molecule is CN(C)CC(=O)Nc1ccc(NC(=O)CC2OC(=O)c3ccccc32)cc1. The zero-order chi connectivity index (χ0) is 19.4. The fraction of sp³-hybridized carbons (Fsp3) is 0.250. The lowest BCUT2D eigenvalue weighted by Crippen LogP contribution is -2.27. The van der Waals surface area contributed by atoms with E-state index in [0.717, 1.165) is 5.56 Å². The number of carbonyl (C=O) groups is 3. The summed E-state index contributed by atoms with van der Waals surface area (Å²) in [6, 6.07) is 13.9. The number of cyclic esters (lactones) is 1. The molecular formula is C20H21N3O4. The number of amides is 2. The van der Waals surface area contributed by atoms with Gasteiger partial charge in [0.2, 0.25) is 11.8 Å². The summed E-state index contributed by atoms with van der Waals surface area (Å²) in [7, 11) is 3.64. The molecule has 7 heteroatoms. The van der Waals surface area contributed by atoms with E-state index in [4.69, 9.17) is 4.74 Å². The van der Waals surface area contributed by atoms with Gasteiger partial charge in [-0.3, -0.25) is 9.59 Å². The lowest BCUT2D eigenvalue weighted by atomic mass is 10.0. The highest BCUT2D eigenvalue weighted by molar-refractivity contribution is 5.97. The van der Waals surface area contributed by atoms with Gasteiger partial charge in [0.05, 0.1) is 18.5 Å². The van der Waals surface area contributed by atoms with Crippen molar-refractivity contribution in [1.82, 2.24) is 4.90 Å². The van der Waals surface area contributed by atoms with Crippen LogP contribution in [0.1, 0.15) is 28.4 Å². The molecule has 1 heterocycles. The van der Waals surface area contributed by atoms with Crippen molar-refractivity contribution in [1.29, 1.82) is 0 Å². The number of nitrogens with zero attached hydrogens (tertiary/aromatic N) is 1. The van der Waals surface area contributed by atoms with Crippen LogP contribution in [0, 0.1) is 0 Å². The molecule has 0 saturated heterocycles. The summed E-state index contributed by atoms with van der Waals surface area (Å²) < 4.78 is 5.28. The molecule has 1 unspecified atom stereocenters. The fourth-order valence-electron chi connectivity index (χ4n) is 2.88. The highest BCUT2D eigenvalue weighted by Gasteiger charge is 2.31. The highest BCUT2D eigenvalue weighted by atomic mass is 16.5. The molecule has 0 spiro atoms. The number of hydrogen-bond donors (Lipinski definition) is 2. The molecule has 27 heavy (non-hydrogen) atoms. The summed E-state index contributed by atoms with van der Waals surface area (Å²) in [5, 5.41) is 5.55. The Balaban J connectivity index is 1.56. The summed E-state index contributed by atoms with van der Waals surface area (Å²) in [6.45, 7) is 0.292. The van der Waals surface area contributed by atoms with E-state index in [1.807, 2.05) is 20.2 Å². The number of likely N-dealkylation sites (N-methyl/N-ethyl adjacent to an activating group) is 1. The molecule has 1 atom stereocenters. The number of rotatable bonds is 6. The summed E-state index contributed by atoms with van der Waals surface area (Å²) in [5.41, 5.74) is 2.49. The van der Waals surface area contributed by atoms with E-state index in [-0.39, 0.29) is 18.2 Å². The maximum atomic E-state index is 12.3. The Morgan fingerprint density at radius 2 is 1.56 bits per heavy atom. The van der Waals surface area contributed by atoms with Gasteiger partial charge in [0.25, 0.3) is 0 Å². The van der Waals surface area contributed by atoms with Gasteiger partial charge in [0.1, 0.15) is 6.10 Å². The Labute approximate surface area is 157 Å². The minimum Gasteiger partial charge on any atom is -0.453 e. The van der Waals surface area contributed by atoms with E-state index in [0.29, 0.717) is 23.5 Å². The quantitative estimate of drug-likeness (QED) is 0.766. The first kappa shape index (κ1) is 18.6. The molecular weight excluding hydrogens is 346 g/mol. The molecule has 0 bridgehead atoms. The molecule has 2 amide bonds. The van der Waals surface area contributed by atoms with Crippen LogP contribution in [-0.2, 0) is 14.3 Å². The topological polar surface area (TPSA) is 87.7 Å². The van der Waals surface area contributed by atoms with Crippen LogP contribution in [0.15, 0.2) is 48.5 Å². The van der Waals surface area contributed by atoms with Crippen molar-refractivity contribution in [2.75, 3.05) is 31.3 Å². The number of fused-ring (bicyclic) bond motifs is 1. The minimum atomic E-state index is -0.571. The number of carbonyl (C=O) groups excluding carboxylic acids is 3. The van der Waals surface area contributed by atoms with E-state index in [9.17, 15) is 14.4 Å². The molecule has 1 aliphatic heterocycles. The van der Waals surface area contributed by atoms with Crippen LogP contribution in [0.4, 0.5) is 11.4 Å². The molecule has 1 aliphatic rings. The van der Waals surface area contributed by atoms with E-state index in [1.54, 1.807) is 47.4 Å². The molecule has 2 N–H and O–H groups in total. The van der Waals surface area contributed by atoms with Crippen molar-refractivity contribution < 1.29 is 19.1 Å². The van der Waals surface area contributed by atoms with Crippen molar-refractivity contribution in [3.8, 4) is 0 Å². The molecule has 3 rings (SSSR count). The van der Waals surface area contributed by atoms with E-state index in [2.05, 4.69) is 10.6 Å². The molecule has 0 fully saturated rings. The van der Waals surface area contributed by atoms with Crippen molar-refractivity contribution in [3.63, 3.8) is 0 Å². The summed E-state index contributed by atoms with van der Waals surface area (Å²) >= 11 is 0. The van der Waals surface area contributed by atoms with Crippen LogP contribution >= 0.6 is 0 Å². The smallest absolute Gasteiger partial charge is 0.339 e. The lowest BCUT2D eigenvalue weighted by Gasteiger charge is -2.12. The Bertz CT molecular complexity index is 862. The van der Waals surface area contributed by atoms with Gasteiger partial charge in [0.15, 0.2) is 0 Å². The van der Waals surface area contributed by atoms with Crippen LogP contribution in [-0.4, -0.2) is 43.3 Å². The lowest BCUT2D eigenvalue weighted by molar-refractivity contribution is -0.118. The normalized spacial score (nSPS) is 15.2. The van der Waals surface area contributed by atoms with Gasteiger partial charge in [0, 0.05) is 16.9 Å². The summed E-state index contributed by atoms with van der Waals surface area (Å²) in [6.07, 6.45) is -0.525. The molecule has 0 aliphatic carbocycles. The first-order valence-electron chi connectivity index (χ1n) is 8.57. The van der Waals surface area contributed by atoms with E-state index in [1.165, 1.54) is 0 Å². The van der Waals surface area contributed by atoms with Crippen molar-refractivity contribution in [2.45, 2.75) is 12.5 Å². The number of anilines is 2. The predicted octanol–water partition coefficient (Wildman–Crippen LogP) is 2.43. The standard InChI is InChI=1S/C20H21N3O4/c1-23(2)12-19(25)22-14-9-7-13(8-10-14)21-18(24)11-17-15-5-3-4-6-16(15)20(26)27-17/h3-10,17H,11-12H2,1-2H3,(H,21,24)(H,22,25). The largest absolute Gasteiger partial charge is 0.453 e. The van der Waals surface area contributed by atoms with Gasteiger partial charge in [-0.15, -0.1) is 0 Å². The van der Waals surface area contributed by atoms with Gasteiger partial charge >= 0.3 is 5.97 Å². The molecule has 2 aromatic rings. The first-order chi connectivity index (χ1) is 12.9. The predicted molar refractivity (Wildman–Crippen MR) is 101 cm³/mol. The van der Waals surface area contributed by atoms with Crippen LogP contribution in [0.5, 0.6) is 0 Å². The summed E-state index contributed by atoms with van der Waals surface area (Å²) in [4.78, 5) is 37.6. The third kappa shape index (κ3) is 4.71. The Hall–Kier alpha value is -3.19. The number of nitrogens with one attached hydrogen (secondary N) is 2. The zero-order valence-corrected chi connectivity index (χ0v) is 15.2. The van der Waals surface area contributed by atoms with Gasteiger partial charge in [-0.1, -0.05) is 18.2 Å². The highest BCUT2D eigenvalue weighted by Crippen LogP contribution is 2.32. The Kier molecular flexibility index (Phi) is 5.52. The summed E-state index contributed by atoms with van der Waals surface area (Å²) in [5.74, 6) is -0.770. The number of ether oxygens (including phenoxy) is 1. The van der Waals surface area contributed by atoms with Gasteiger partial charge in [-0.25, -0.2) is 4.79 Å². The number of benzene rings is 2. The van der Waals surface area contributed by atoms with Crippen LogP contribution in [0.25, 0.3) is 0 Å². The number of esters is 1. The Morgan fingerprint density at radius 3 is 2.19 bits per heavy atom. The third-order valence-corrected chi connectivity index (χ3v) is 4.06. The number of hydrogen-bond acceptors (Lipinski definition) is 5. The van der Waals surface area contributed by atoms with Gasteiger partial charge in [-0.2, -0.15) is 0 Å². The van der Waals surface area contributed by atoms with Crippen LogP contribution in [0.3, 0.4) is 0 Å². The van der Waals surface area contributed by atoms with Crippen molar-refractivity contribution >= 4 is 29.2 Å². The second kappa shape index (κ2) is 8.01. The van der Waals surface area contributed by atoms with Crippen LogP contribution in [0.2, 0.25) is 0 Å². The van der Waals surface area contributed by atoms with Crippen LogP contribution < -0.4 is 10.6 Å². The van der Waals surface area contributed by atoms with Gasteiger partial charge in [-0.05, 0) is 44.4 Å². The van der Waals surface area contributed by atoms with Crippen molar-refractivity contribution in [2.24, 2.45) is 0 Å². The average Bonchev–Trinajstić information content (AvgIpc) is 2.92. The Morgan fingerprint density at radius 1 is 0.963 bits per heavy atom. The second-order valence-electron chi connectivity index (χ2n) is 6.60. The van der Waals surface area contributed by atoms with Crippen molar-refractivity contribution in [3.05, 3.63) is 59.7 Å². The average molecular weight is 367 g/mol. The maximum absolute atomic E-state index is 12.3. The third-order valence-electron chi connectivity index (χ3n) is 4.06. The van der Waals surface area contributed by atoms with E-state index < -0.39 is 12.1 Å². The minimum absolute atomic E-state index is 0.0457. The molecule has 7 nitrogen and oxygen atoms in total. The molecule has 140 valence electrons. The molecule has 0 saturated carbocycles. The zero-order valence-electron chi connectivity index (χ0n) is 15.2.